The maximum atomic E-state index is 9.72. The number of aromatic nitrogens is 1. The number of phenolic OH excluding ortho intramolecular Hbond substituents is 1. The SMILES string of the molecule is C/C=C\c1cc(C)c(O)c(N)c1/C=C\C.Nc1ccns1. The van der Waals surface area contributed by atoms with Gasteiger partial charge in [-0.1, -0.05) is 24.3 Å². The van der Waals surface area contributed by atoms with Crippen LogP contribution in [0, 0.1) is 6.92 Å². The standard InChI is InChI=1S/C13H17NO.C3H4N2S/c1-4-6-10-8-9(3)13(15)12(14)11(10)7-5-2;4-3-1-2-5-6-3/h4-8,15H,14H2,1-3H3;1-2H,4H2/b6-4-,7-5-;. The fraction of sp³-hybridized carbons (Fsp3) is 0.188. The molecule has 21 heavy (non-hydrogen) atoms. The van der Waals surface area contributed by atoms with E-state index in [1.807, 2.05) is 51.1 Å². The van der Waals surface area contributed by atoms with Crippen molar-refractivity contribution >= 4 is 34.4 Å². The molecule has 112 valence electrons. The van der Waals surface area contributed by atoms with Gasteiger partial charge in [-0.05, 0) is 55.6 Å². The third kappa shape index (κ3) is 4.65. The lowest BCUT2D eigenvalue weighted by molar-refractivity contribution is 0.473. The molecule has 0 unspecified atom stereocenters. The van der Waals surface area contributed by atoms with Crippen molar-refractivity contribution < 1.29 is 5.11 Å². The third-order valence-electron chi connectivity index (χ3n) is 2.74. The minimum absolute atomic E-state index is 0.177. The molecule has 4 nitrogen and oxygen atoms in total. The lowest BCUT2D eigenvalue weighted by atomic mass is 10.00. The van der Waals surface area contributed by atoms with E-state index >= 15 is 0 Å². The number of phenols is 1. The van der Waals surface area contributed by atoms with Crippen LogP contribution in [0.1, 0.15) is 30.5 Å². The van der Waals surface area contributed by atoms with E-state index in [1.165, 1.54) is 11.5 Å². The topological polar surface area (TPSA) is 85.2 Å². The number of allylic oxidation sites excluding steroid dienone is 2. The minimum Gasteiger partial charge on any atom is -0.505 e. The molecule has 0 aliphatic rings. The molecule has 5 N–H and O–H groups in total. The molecule has 0 aliphatic heterocycles. The summed E-state index contributed by atoms with van der Waals surface area (Å²) in [5, 5.41) is 10.5. The summed E-state index contributed by atoms with van der Waals surface area (Å²) in [7, 11) is 0. The van der Waals surface area contributed by atoms with Gasteiger partial charge in [-0.15, -0.1) is 0 Å². The number of rotatable bonds is 2. The summed E-state index contributed by atoms with van der Waals surface area (Å²) in [6.07, 6.45) is 9.44. The Morgan fingerprint density at radius 3 is 2.29 bits per heavy atom. The first kappa shape index (κ1) is 16.8. The highest BCUT2D eigenvalue weighted by atomic mass is 32.1. The average molecular weight is 303 g/mol. The van der Waals surface area contributed by atoms with Crippen molar-refractivity contribution in [2.75, 3.05) is 11.5 Å². The van der Waals surface area contributed by atoms with Crippen LogP contribution in [0.3, 0.4) is 0 Å². The summed E-state index contributed by atoms with van der Waals surface area (Å²) in [5.74, 6) is 0.177. The molecule has 0 saturated heterocycles. The number of nitrogens with two attached hydrogens (primary N) is 2. The minimum atomic E-state index is 0.177. The second-order valence-electron chi connectivity index (χ2n) is 4.37. The number of aryl methyl sites for hydroxylation is 1. The summed E-state index contributed by atoms with van der Waals surface area (Å²) in [6, 6.07) is 3.70. The molecule has 0 atom stereocenters. The van der Waals surface area contributed by atoms with Gasteiger partial charge >= 0.3 is 0 Å². The Balaban J connectivity index is 0.000000304. The van der Waals surface area contributed by atoms with Crippen LogP contribution in [0.15, 0.2) is 30.5 Å². The van der Waals surface area contributed by atoms with E-state index in [0.29, 0.717) is 5.69 Å². The van der Waals surface area contributed by atoms with E-state index in [1.54, 1.807) is 12.3 Å². The van der Waals surface area contributed by atoms with Gasteiger partial charge in [-0.3, -0.25) is 0 Å². The molecule has 0 saturated carbocycles. The van der Waals surface area contributed by atoms with Crippen molar-refractivity contribution in [3.05, 3.63) is 47.2 Å². The molecule has 2 rings (SSSR count). The largest absolute Gasteiger partial charge is 0.505 e. The Hall–Kier alpha value is -2.27. The van der Waals surface area contributed by atoms with Crippen LogP contribution in [-0.2, 0) is 0 Å². The molecule has 2 aromatic rings. The number of nitrogens with zero attached hydrogens (tertiary/aromatic N) is 1. The van der Waals surface area contributed by atoms with Crippen LogP contribution in [0.4, 0.5) is 10.7 Å². The molecule has 0 bridgehead atoms. The average Bonchev–Trinajstić information content (AvgIpc) is 2.93. The summed E-state index contributed by atoms with van der Waals surface area (Å²) in [6.45, 7) is 5.73. The first-order valence-corrected chi connectivity index (χ1v) is 7.32. The third-order valence-corrected chi connectivity index (χ3v) is 3.31. The van der Waals surface area contributed by atoms with Gasteiger partial charge in [0.2, 0.25) is 0 Å². The monoisotopic (exact) mass is 303 g/mol. The van der Waals surface area contributed by atoms with Gasteiger partial charge in [0.15, 0.2) is 0 Å². The number of anilines is 2. The molecule has 0 aliphatic carbocycles. The van der Waals surface area contributed by atoms with Gasteiger partial charge in [-0.2, -0.15) is 4.37 Å². The fourth-order valence-corrected chi connectivity index (χ4v) is 2.14. The van der Waals surface area contributed by atoms with E-state index in [4.69, 9.17) is 11.5 Å². The number of nitrogen functional groups attached to an aromatic ring is 2. The lowest BCUT2D eigenvalue weighted by Crippen LogP contribution is -1.95. The van der Waals surface area contributed by atoms with Crippen LogP contribution < -0.4 is 11.5 Å². The molecule has 1 heterocycles. The normalized spacial score (nSPS) is 10.8. The zero-order chi connectivity index (χ0) is 15.8. The van der Waals surface area contributed by atoms with Crippen molar-refractivity contribution in [2.45, 2.75) is 20.8 Å². The maximum Gasteiger partial charge on any atom is 0.142 e. The second kappa shape index (κ2) is 8.11. The number of aromatic hydroxyl groups is 1. The van der Waals surface area contributed by atoms with Crippen LogP contribution in [0.2, 0.25) is 0 Å². The van der Waals surface area contributed by atoms with Crippen molar-refractivity contribution in [1.82, 2.24) is 4.37 Å². The molecular formula is C16H21N3OS. The summed E-state index contributed by atoms with van der Waals surface area (Å²) >= 11 is 1.31. The molecule has 0 amide bonds. The van der Waals surface area contributed by atoms with Gasteiger partial charge < -0.3 is 16.6 Å². The molecule has 0 radical (unpaired) electrons. The first-order valence-electron chi connectivity index (χ1n) is 6.54. The van der Waals surface area contributed by atoms with Gasteiger partial charge in [0.1, 0.15) is 10.8 Å². The van der Waals surface area contributed by atoms with Crippen molar-refractivity contribution in [2.24, 2.45) is 0 Å². The van der Waals surface area contributed by atoms with Gasteiger partial charge in [-0.25, -0.2) is 0 Å². The molecule has 0 fully saturated rings. The highest BCUT2D eigenvalue weighted by molar-refractivity contribution is 7.09. The Morgan fingerprint density at radius 2 is 1.86 bits per heavy atom. The second-order valence-corrected chi connectivity index (χ2v) is 5.24. The quantitative estimate of drug-likeness (QED) is 0.576. The maximum absolute atomic E-state index is 9.72. The summed E-state index contributed by atoms with van der Waals surface area (Å²) < 4.78 is 3.74. The molecule has 1 aromatic heterocycles. The number of benzene rings is 1. The van der Waals surface area contributed by atoms with Crippen LogP contribution in [-0.4, -0.2) is 9.48 Å². The lowest BCUT2D eigenvalue weighted by Gasteiger charge is -2.10. The highest BCUT2D eigenvalue weighted by Gasteiger charge is 2.09. The number of hydrogen-bond acceptors (Lipinski definition) is 5. The predicted octanol–water partition coefficient (Wildman–Crippen LogP) is 4.07. The van der Waals surface area contributed by atoms with Gasteiger partial charge in [0, 0.05) is 11.8 Å². The van der Waals surface area contributed by atoms with E-state index in [-0.39, 0.29) is 5.75 Å². The molecule has 1 aromatic carbocycles. The van der Waals surface area contributed by atoms with E-state index < -0.39 is 0 Å². The van der Waals surface area contributed by atoms with Gasteiger partial charge in [0.25, 0.3) is 0 Å². The van der Waals surface area contributed by atoms with Gasteiger partial charge in [0.05, 0.1) is 5.69 Å². The predicted molar refractivity (Wildman–Crippen MR) is 93.2 cm³/mol. The zero-order valence-corrected chi connectivity index (χ0v) is 13.3. The first-order chi connectivity index (χ1) is 10.0. The Bertz CT molecular complexity index is 631. The fourth-order valence-electron chi connectivity index (χ4n) is 1.77. The van der Waals surface area contributed by atoms with Crippen LogP contribution in [0.5, 0.6) is 5.75 Å². The Kier molecular flexibility index (Phi) is 6.49. The summed E-state index contributed by atoms with van der Waals surface area (Å²) in [5.41, 5.74) is 14.2. The Labute approximate surface area is 129 Å². The van der Waals surface area contributed by atoms with Crippen LogP contribution in [0.25, 0.3) is 12.2 Å². The van der Waals surface area contributed by atoms with Crippen molar-refractivity contribution in [3.8, 4) is 5.75 Å². The molecule has 0 spiro atoms. The van der Waals surface area contributed by atoms with E-state index in [2.05, 4.69) is 4.37 Å². The van der Waals surface area contributed by atoms with Crippen LogP contribution >= 0.6 is 11.5 Å². The van der Waals surface area contributed by atoms with Crippen molar-refractivity contribution in [1.29, 1.82) is 0 Å². The zero-order valence-electron chi connectivity index (χ0n) is 12.5. The Morgan fingerprint density at radius 1 is 1.19 bits per heavy atom. The molecular weight excluding hydrogens is 282 g/mol. The van der Waals surface area contributed by atoms with E-state index in [9.17, 15) is 5.11 Å². The number of hydrogen-bond donors (Lipinski definition) is 3. The molecule has 5 heteroatoms. The highest BCUT2D eigenvalue weighted by Crippen LogP contribution is 2.32. The van der Waals surface area contributed by atoms with E-state index in [0.717, 1.165) is 21.7 Å². The van der Waals surface area contributed by atoms with Crippen molar-refractivity contribution in [3.63, 3.8) is 0 Å². The smallest absolute Gasteiger partial charge is 0.142 e. The summed E-state index contributed by atoms with van der Waals surface area (Å²) in [4.78, 5) is 0.